The Morgan fingerprint density at radius 3 is 2.53 bits per heavy atom. The Hall–Kier alpha value is -3.03. The van der Waals surface area contributed by atoms with Gasteiger partial charge in [-0.15, -0.1) is 0 Å². The van der Waals surface area contributed by atoms with Crippen molar-refractivity contribution in [3.8, 4) is 5.75 Å². The minimum absolute atomic E-state index is 0.0106. The molecule has 0 spiro atoms. The maximum atomic E-state index is 12.5. The van der Waals surface area contributed by atoms with Crippen LogP contribution in [0.3, 0.4) is 0 Å². The summed E-state index contributed by atoms with van der Waals surface area (Å²) < 4.78 is 10.3. The minimum Gasteiger partial charge on any atom is -0.497 e. The third-order valence-corrected chi connectivity index (χ3v) is 5.05. The number of carbonyl (C=O) groups is 3. The Labute approximate surface area is 190 Å². The summed E-state index contributed by atoms with van der Waals surface area (Å²) in [5, 5.41) is 5.49. The molecule has 1 saturated heterocycles. The molecule has 8 heteroatoms. The van der Waals surface area contributed by atoms with E-state index >= 15 is 0 Å². The van der Waals surface area contributed by atoms with Crippen LogP contribution in [-0.2, 0) is 14.3 Å². The lowest BCUT2D eigenvalue weighted by atomic mass is 9.96. The van der Waals surface area contributed by atoms with E-state index in [4.69, 9.17) is 9.47 Å². The van der Waals surface area contributed by atoms with Gasteiger partial charge in [0.25, 0.3) is 0 Å². The van der Waals surface area contributed by atoms with Crippen LogP contribution in [0.25, 0.3) is 6.08 Å². The summed E-state index contributed by atoms with van der Waals surface area (Å²) in [4.78, 5) is 37.9. The molecule has 176 valence electrons. The SMILES string of the molecule is COc1cccc(/C=C/C(=O)N2CCC(CNC(=O)CCNC(=O)OC(C)(C)C)CC2)c1. The van der Waals surface area contributed by atoms with Crippen LogP contribution in [0, 0.1) is 5.92 Å². The zero-order valence-corrected chi connectivity index (χ0v) is 19.5. The molecule has 2 rings (SSSR count). The molecule has 1 heterocycles. The summed E-state index contributed by atoms with van der Waals surface area (Å²) in [6.45, 7) is 7.50. The number of ether oxygens (including phenoxy) is 2. The van der Waals surface area contributed by atoms with Gasteiger partial charge >= 0.3 is 6.09 Å². The maximum absolute atomic E-state index is 12.5. The third kappa shape index (κ3) is 9.41. The number of piperidine rings is 1. The number of carbonyl (C=O) groups excluding carboxylic acids is 3. The predicted molar refractivity (Wildman–Crippen MR) is 123 cm³/mol. The summed E-state index contributed by atoms with van der Waals surface area (Å²) in [6, 6.07) is 7.54. The quantitative estimate of drug-likeness (QED) is 0.600. The molecule has 1 aliphatic rings. The molecule has 8 nitrogen and oxygen atoms in total. The van der Waals surface area contributed by atoms with Gasteiger partial charge in [-0.25, -0.2) is 4.79 Å². The number of alkyl carbamates (subject to hydrolysis) is 1. The topological polar surface area (TPSA) is 97.0 Å². The second-order valence-electron chi connectivity index (χ2n) is 8.86. The number of methoxy groups -OCH3 is 1. The van der Waals surface area contributed by atoms with E-state index in [0.717, 1.165) is 24.2 Å². The van der Waals surface area contributed by atoms with E-state index in [1.807, 2.05) is 29.2 Å². The lowest BCUT2D eigenvalue weighted by molar-refractivity contribution is -0.127. The van der Waals surface area contributed by atoms with Gasteiger partial charge in [-0.2, -0.15) is 0 Å². The number of rotatable bonds is 8. The van der Waals surface area contributed by atoms with Crippen LogP contribution in [-0.4, -0.2) is 61.7 Å². The largest absolute Gasteiger partial charge is 0.497 e. The van der Waals surface area contributed by atoms with Crippen molar-refractivity contribution < 1.29 is 23.9 Å². The van der Waals surface area contributed by atoms with E-state index in [1.54, 1.807) is 40.0 Å². The highest BCUT2D eigenvalue weighted by Crippen LogP contribution is 2.18. The Morgan fingerprint density at radius 1 is 1.16 bits per heavy atom. The van der Waals surface area contributed by atoms with Gasteiger partial charge < -0.3 is 25.0 Å². The molecule has 32 heavy (non-hydrogen) atoms. The molecular weight excluding hydrogens is 410 g/mol. The van der Waals surface area contributed by atoms with E-state index in [2.05, 4.69) is 10.6 Å². The first-order valence-electron chi connectivity index (χ1n) is 11.0. The van der Waals surface area contributed by atoms with Crippen molar-refractivity contribution in [2.45, 2.75) is 45.6 Å². The molecule has 0 radical (unpaired) electrons. The van der Waals surface area contributed by atoms with Gasteiger partial charge in [-0.05, 0) is 63.3 Å². The molecule has 0 bridgehead atoms. The van der Waals surface area contributed by atoms with E-state index < -0.39 is 11.7 Å². The zero-order valence-electron chi connectivity index (χ0n) is 19.5. The Bertz CT molecular complexity index is 808. The van der Waals surface area contributed by atoms with Crippen LogP contribution in [0.5, 0.6) is 5.75 Å². The predicted octanol–water partition coefficient (Wildman–Crippen LogP) is 2.98. The molecule has 0 saturated carbocycles. The molecule has 1 fully saturated rings. The van der Waals surface area contributed by atoms with Gasteiger partial charge in [0, 0.05) is 38.7 Å². The number of likely N-dealkylation sites (tertiary alicyclic amines) is 1. The average molecular weight is 446 g/mol. The first-order chi connectivity index (χ1) is 15.2. The lowest BCUT2D eigenvalue weighted by Gasteiger charge is -2.31. The van der Waals surface area contributed by atoms with Crippen molar-refractivity contribution in [1.29, 1.82) is 0 Å². The normalized spacial score (nSPS) is 14.8. The smallest absolute Gasteiger partial charge is 0.407 e. The zero-order chi connectivity index (χ0) is 23.6. The maximum Gasteiger partial charge on any atom is 0.407 e. The van der Waals surface area contributed by atoms with Gasteiger partial charge in [-0.3, -0.25) is 9.59 Å². The monoisotopic (exact) mass is 445 g/mol. The lowest BCUT2D eigenvalue weighted by Crippen LogP contribution is -2.41. The first-order valence-corrected chi connectivity index (χ1v) is 11.0. The second kappa shape index (κ2) is 12.1. The fraction of sp³-hybridized carbons (Fsp3) is 0.542. The van der Waals surface area contributed by atoms with Crippen LogP contribution >= 0.6 is 0 Å². The van der Waals surface area contributed by atoms with E-state index in [-0.39, 0.29) is 24.8 Å². The molecule has 0 aliphatic carbocycles. The molecule has 0 atom stereocenters. The number of nitrogens with zero attached hydrogens (tertiary/aromatic N) is 1. The summed E-state index contributed by atoms with van der Waals surface area (Å²) in [7, 11) is 1.61. The summed E-state index contributed by atoms with van der Waals surface area (Å²) in [6.07, 6.45) is 4.75. The van der Waals surface area contributed by atoms with E-state index in [0.29, 0.717) is 25.6 Å². The molecule has 0 aromatic heterocycles. The average Bonchev–Trinajstić information content (AvgIpc) is 2.75. The molecule has 1 aromatic rings. The van der Waals surface area contributed by atoms with Crippen molar-refractivity contribution in [1.82, 2.24) is 15.5 Å². The van der Waals surface area contributed by atoms with Crippen molar-refractivity contribution in [3.63, 3.8) is 0 Å². The molecular formula is C24H35N3O5. The van der Waals surface area contributed by atoms with Crippen molar-refractivity contribution in [2.75, 3.05) is 33.3 Å². The number of nitrogens with one attached hydrogen (secondary N) is 2. The Kier molecular flexibility index (Phi) is 9.56. The summed E-state index contributed by atoms with van der Waals surface area (Å²) in [5.41, 5.74) is 0.351. The second-order valence-corrected chi connectivity index (χ2v) is 8.86. The number of hydrogen-bond donors (Lipinski definition) is 2. The highest BCUT2D eigenvalue weighted by Gasteiger charge is 2.22. The molecule has 0 unspecified atom stereocenters. The molecule has 1 aromatic carbocycles. The number of benzene rings is 1. The van der Waals surface area contributed by atoms with E-state index in [1.165, 1.54) is 0 Å². The van der Waals surface area contributed by atoms with Crippen LogP contribution in [0.2, 0.25) is 0 Å². The van der Waals surface area contributed by atoms with Crippen LogP contribution in [0.4, 0.5) is 4.79 Å². The number of hydrogen-bond acceptors (Lipinski definition) is 5. The van der Waals surface area contributed by atoms with Crippen LogP contribution in [0.1, 0.15) is 45.6 Å². The summed E-state index contributed by atoms with van der Waals surface area (Å²) >= 11 is 0. The van der Waals surface area contributed by atoms with Gasteiger partial charge in [0.2, 0.25) is 11.8 Å². The van der Waals surface area contributed by atoms with Crippen LogP contribution < -0.4 is 15.4 Å². The van der Waals surface area contributed by atoms with Gasteiger partial charge in [0.1, 0.15) is 11.4 Å². The van der Waals surface area contributed by atoms with E-state index in [9.17, 15) is 14.4 Å². The van der Waals surface area contributed by atoms with Gasteiger partial charge in [-0.1, -0.05) is 12.1 Å². The minimum atomic E-state index is -0.562. The van der Waals surface area contributed by atoms with Gasteiger partial charge in [0.05, 0.1) is 7.11 Å². The highest BCUT2D eigenvalue weighted by atomic mass is 16.6. The Balaban J connectivity index is 1.64. The highest BCUT2D eigenvalue weighted by molar-refractivity contribution is 5.91. The Morgan fingerprint density at radius 2 is 1.88 bits per heavy atom. The summed E-state index contributed by atoms with van der Waals surface area (Å²) in [5.74, 6) is 0.969. The number of amides is 3. The van der Waals surface area contributed by atoms with Crippen LogP contribution in [0.15, 0.2) is 30.3 Å². The van der Waals surface area contributed by atoms with Crippen molar-refractivity contribution >= 4 is 24.0 Å². The molecule has 2 N–H and O–H groups in total. The van der Waals surface area contributed by atoms with Crippen molar-refractivity contribution in [3.05, 3.63) is 35.9 Å². The standard InChI is InChI=1S/C24H35N3O5/c1-24(2,3)32-23(30)25-13-10-21(28)26-17-19-11-14-27(15-12-19)22(29)9-8-18-6-5-7-20(16-18)31-4/h5-9,16,19H,10-15,17H2,1-4H3,(H,25,30)(H,26,28)/b9-8+. The first kappa shape index (κ1) is 25.2. The van der Waals surface area contributed by atoms with Crippen molar-refractivity contribution in [2.24, 2.45) is 5.92 Å². The van der Waals surface area contributed by atoms with Gasteiger partial charge in [0.15, 0.2) is 0 Å². The third-order valence-electron chi connectivity index (χ3n) is 5.05. The molecule has 3 amide bonds. The molecule has 1 aliphatic heterocycles. The fourth-order valence-electron chi connectivity index (χ4n) is 3.31. The fourth-order valence-corrected chi connectivity index (χ4v) is 3.31.